The summed E-state index contributed by atoms with van der Waals surface area (Å²) in [6, 6.07) is 37.1. The van der Waals surface area contributed by atoms with E-state index in [1.165, 1.54) is 52.6 Å². The first-order chi connectivity index (χ1) is 19.4. The van der Waals surface area contributed by atoms with Crippen molar-refractivity contribution in [2.75, 3.05) is 0 Å². The second kappa shape index (κ2) is 9.89. The Balaban J connectivity index is 1.42. The summed E-state index contributed by atoms with van der Waals surface area (Å²) in [5, 5.41) is 0. The maximum absolute atomic E-state index is 2.56. The second-order valence-electron chi connectivity index (χ2n) is 12.9. The molecule has 3 aliphatic carbocycles. The fraction of sp³-hybridized carbons (Fsp3) is 0.256. The molecule has 3 aliphatic rings. The van der Waals surface area contributed by atoms with Gasteiger partial charge in [-0.1, -0.05) is 0 Å². The van der Waals surface area contributed by atoms with Gasteiger partial charge in [-0.15, -0.1) is 0 Å². The van der Waals surface area contributed by atoms with Gasteiger partial charge in [-0.05, 0) is 0 Å². The van der Waals surface area contributed by atoms with Gasteiger partial charge >= 0.3 is 249 Å². The predicted molar refractivity (Wildman–Crippen MR) is 167 cm³/mol. The van der Waals surface area contributed by atoms with Gasteiger partial charge in [-0.2, -0.15) is 0 Å². The Labute approximate surface area is 247 Å². The van der Waals surface area contributed by atoms with E-state index in [0.717, 1.165) is 0 Å². The minimum atomic E-state index is -2.04. The molecule has 4 aromatic carbocycles. The number of hydrogen-bond donors (Lipinski definition) is 0. The molecule has 0 spiro atoms. The van der Waals surface area contributed by atoms with Gasteiger partial charge in [0.15, 0.2) is 0 Å². The molecule has 0 heterocycles. The van der Waals surface area contributed by atoms with Crippen molar-refractivity contribution in [1.82, 2.24) is 0 Å². The van der Waals surface area contributed by atoms with E-state index >= 15 is 0 Å². The summed E-state index contributed by atoms with van der Waals surface area (Å²) in [7, 11) is 0. The molecule has 0 bridgehead atoms. The van der Waals surface area contributed by atoms with Crippen molar-refractivity contribution >= 4 is 3.21 Å². The van der Waals surface area contributed by atoms with Crippen LogP contribution in [-0.4, -0.2) is 3.21 Å². The Bertz CT molecular complexity index is 1590. The van der Waals surface area contributed by atoms with E-state index in [9.17, 15) is 0 Å². The molecule has 0 N–H and O–H groups in total. The molecule has 0 radical (unpaired) electrons. The summed E-state index contributed by atoms with van der Waals surface area (Å²) in [6.45, 7) is 9.51. The SMILES string of the molecule is CC(C)(c1ccccc1)c1ccc2c(c1)-c1cc(C(C)(C)c3ccccc3)ccc1[CH]2[Zr]([C]1=CC=CC1)=[C]1CC1. The molecular weight excluding hydrogens is 560 g/mol. The van der Waals surface area contributed by atoms with E-state index in [1.54, 1.807) is 14.4 Å². The van der Waals surface area contributed by atoms with E-state index < -0.39 is 21.3 Å². The van der Waals surface area contributed by atoms with Crippen LogP contribution in [0.5, 0.6) is 0 Å². The first-order valence-corrected chi connectivity index (χ1v) is 18.7. The average molecular weight is 598 g/mol. The van der Waals surface area contributed by atoms with Gasteiger partial charge in [-0.3, -0.25) is 0 Å². The third-order valence-electron chi connectivity index (χ3n) is 9.74. The van der Waals surface area contributed by atoms with Gasteiger partial charge in [-0.25, -0.2) is 0 Å². The normalized spacial score (nSPS) is 16.1. The van der Waals surface area contributed by atoms with Gasteiger partial charge in [0.05, 0.1) is 0 Å². The van der Waals surface area contributed by atoms with E-state index in [1.807, 2.05) is 3.21 Å². The monoisotopic (exact) mass is 596 g/mol. The first-order valence-electron chi connectivity index (χ1n) is 14.8. The Morgan fingerprint density at radius 3 is 1.52 bits per heavy atom. The molecule has 40 heavy (non-hydrogen) atoms. The van der Waals surface area contributed by atoms with Gasteiger partial charge in [0.2, 0.25) is 0 Å². The standard InChI is InChI=1S/C31H29.C5H5.C3H4.Zr/c1-30(2,24-11-7-5-8-12-24)26-17-15-22-19-23-16-18-27(21-29(23)28(22)20-26)31(3,4)25-13-9-6-10-14-25;1-2-4-5-3-1;1-2-3-1;/h5-21H,1-4H3;1-3H,4H2;1-2H2;. The summed E-state index contributed by atoms with van der Waals surface area (Å²) < 4.78 is 4.32. The van der Waals surface area contributed by atoms with Crippen molar-refractivity contribution in [3.63, 3.8) is 0 Å². The summed E-state index contributed by atoms with van der Waals surface area (Å²) in [6.07, 6.45) is 11.1. The zero-order chi connectivity index (χ0) is 27.5. The van der Waals surface area contributed by atoms with Crippen LogP contribution in [0.15, 0.2) is 119 Å². The average Bonchev–Trinajstić information content (AvgIpc) is 3.58. The topological polar surface area (TPSA) is 0 Å². The summed E-state index contributed by atoms with van der Waals surface area (Å²) in [4.78, 5) is 0. The van der Waals surface area contributed by atoms with Crippen LogP contribution in [0.25, 0.3) is 11.1 Å². The molecule has 198 valence electrons. The Morgan fingerprint density at radius 2 is 1.10 bits per heavy atom. The van der Waals surface area contributed by atoms with Crippen molar-refractivity contribution in [2.24, 2.45) is 0 Å². The molecule has 0 amide bonds. The molecule has 0 unspecified atom stereocenters. The summed E-state index contributed by atoms with van der Waals surface area (Å²) in [5.41, 5.74) is 11.6. The number of rotatable bonds is 6. The molecule has 0 atom stereocenters. The van der Waals surface area contributed by atoms with Gasteiger partial charge in [0, 0.05) is 0 Å². The van der Waals surface area contributed by atoms with Crippen molar-refractivity contribution in [1.29, 1.82) is 0 Å². The maximum atomic E-state index is 2.56. The Kier molecular flexibility index (Phi) is 6.44. The number of fused-ring (bicyclic) bond motifs is 3. The summed E-state index contributed by atoms with van der Waals surface area (Å²) >= 11 is -2.04. The van der Waals surface area contributed by atoms with Gasteiger partial charge in [0.1, 0.15) is 0 Å². The first kappa shape index (κ1) is 26.0. The van der Waals surface area contributed by atoms with Crippen LogP contribution in [0, 0.1) is 0 Å². The predicted octanol–water partition coefficient (Wildman–Crippen LogP) is 9.84. The van der Waals surface area contributed by atoms with E-state index in [0.29, 0.717) is 3.63 Å². The van der Waals surface area contributed by atoms with E-state index in [2.05, 4.69) is 143 Å². The summed E-state index contributed by atoms with van der Waals surface area (Å²) in [5.74, 6) is 0. The third kappa shape index (κ3) is 4.33. The Hall–Kier alpha value is -2.89. The minimum absolute atomic E-state index is 0.0554. The molecule has 1 heteroatoms. The van der Waals surface area contributed by atoms with Crippen LogP contribution < -0.4 is 0 Å². The molecule has 0 saturated heterocycles. The van der Waals surface area contributed by atoms with Crippen LogP contribution in [0.4, 0.5) is 0 Å². The van der Waals surface area contributed by atoms with Crippen LogP contribution in [0.1, 0.15) is 84.0 Å². The fourth-order valence-corrected chi connectivity index (χ4v) is 15.9. The molecule has 4 aromatic rings. The van der Waals surface area contributed by atoms with Crippen molar-refractivity contribution in [3.8, 4) is 11.1 Å². The second-order valence-corrected chi connectivity index (χ2v) is 19.6. The Morgan fingerprint density at radius 1 is 0.600 bits per heavy atom. The molecule has 1 fully saturated rings. The fourth-order valence-electron chi connectivity index (χ4n) is 6.98. The molecule has 7 rings (SSSR count). The van der Waals surface area contributed by atoms with Crippen LogP contribution in [0.3, 0.4) is 0 Å². The number of hydrogen-bond acceptors (Lipinski definition) is 0. The van der Waals surface area contributed by atoms with E-state index in [4.69, 9.17) is 0 Å². The third-order valence-corrected chi connectivity index (χ3v) is 18.4. The molecule has 0 nitrogen and oxygen atoms in total. The zero-order valence-electron chi connectivity index (χ0n) is 24.2. The van der Waals surface area contributed by atoms with Gasteiger partial charge < -0.3 is 0 Å². The number of benzene rings is 4. The van der Waals surface area contributed by atoms with Crippen LogP contribution in [-0.2, 0) is 32.1 Å². The number of allylic oxidation sites excluding steroid dienone is 4. The van der Waals surface area contributed by atoms with Crippen molar-refractivity contribution in [2.45, 2.75) is 61.4 Å². The van der Waals surface area contributed by atoms with E-state index in [-0.39, 0.29) is 10.8 Å². The van der Waals surface area contributed by atoms with Gasteiger partial charge in [0.25, 0.3) is 0 Å². The van der Waals surface area contributed by atoms with Crippen molar-refractivity contribution in [3.05, 3.63) is 152 Å². The van der Waals surface area contributed by atoms with Crippen LogP contribution in [0.2, 0.25) is 0 Å². The van der Waals surface area contributed by atoms with Crippen molar-refractivity contribution < 1.29 is 21.3 Å². The quantitative estimate of drug-likeness (QED) is 0.208. The molecule has 0 aromatic heterocycles. The zero-order valence-corrected chi connectivity index (χ0v) is 26.6. The van der Waals surface area contributed by atoms with Crippen LogP contribution >= 0.6 is 0 Å². The molecular formula is C39H38Zr. The molecule has 1 saturated carbocycles. The molecule has 0 aliphatic heterocycles.